The van der Waals surface area contributed by atoms with Crippen LogP contribution in [0.3, 0.4) is 0 Å². The molecule has 2 aromatic rings. The number of carbonyl (C=O) groups is 1. The highest BCUT2D eigenvalue weighted by Crippen LogP contribution is 2.36. The van der Waals surface area contributed by atoms with E-state index < -0.39 is 27.4 Å². The summed E-state index contributed by atoms with van der Waals surface area (Å²) in [6, 6.07) is 12.7. The molecule has 3 rings (SSSR count). The van der Waals surface area contributed by atoms with Crippen molar-refractivity contribution in [2.45, 2.75) is 11.4 Å². The van der Waals surface area contributed by atoms with Gasteiger partial charge in [0.25, 0.3) is 15.9 Å². The molecule has 1 heterocycles. The number of nitrogens with two attached hydrogens (primary N) is 1. The fourth-order valence-electron chi connectivity index (χ4n) is 2.71. The molecule has 1 aliphatic rings. The Balaban J connectivity index is 2.17. The van der Waals surface area contributed by atoms with Gasteiger partial charge in [-0.15, -0.1) is 0 Å². The van der Waals surface area contributed by atoms with E-state index >= 15 is 0 Å². The lowest BCUT2D eigenvalue weighted by molar-refractivity contribution is -0.115. The van der Waals surface area contributed by atoms with Crippen LogP contribution < -0.4 is 10.5 Å². The monoisotopic (exact) mass is 360 g/mol. The Morgan fingerprint density at radius 2 is 1.92 bits per heavy atom. The Kier molecular flexibility index (Phi) is 4.13. The number of ether oxygens (including phenoxy) is 1. The molecular formula is C17H16N2O5S. The summed E-state index contributed by atoms with van der Waals surface area (Å²) in [4.78, 5) is 11.8. The summed E-state index contributed by atoms with van der Waals surface area (Å²) in [5.41, 5.74) is 5.52. The van der Waals surface area contributed by atoms with Gasteiger partial charge in [0.1, 0.15) is 5.75 Å². The number of hydrogen-bond donors (Lipinski definition) is 2. The van der Waals surface area contributed by atoms with Crippen molar-refractivity contribution in [3.8, 4) is 5.75 Å². The maximum absolute atomic E-state index is 13.0. The molecule has 0 fully saturated rings. The molecule has 3 N–H and O–H groups in total. The van der Waals surface area contributed by atoms with Gasteiger partial charge in [-0.05, 0) is 29.8 Å². The minimum atomic E-state index is -4.05. The zero-order chi connectivity index (χ0) is 18.2. The molecule has 0 aliphatic carbocycles. The van der Waals surface area contributed by atoms with Crippen LogP contribution in [0.4, 0.5) is 0 Å². The van der Waals surface area contributed by atoms with Crippen molar-refractivity contribution < 1.29 is 23.1 Å². The second-order valence-corrected chi connectivity index (χ2v) is 7.25. The van der Waals surface area contributed by atoms with E-state index in [9.17, 15) is 18.3 Å². The normalized spacial score (nSPS) is 15.6. The minimum Gasteiger partial charge on any atom is -0.505 e. The van der Waals surface area contributed by atoms with Crippen LogP contribution >= 0.6 is 0 Å². The van der Waals surface area contributed by atoms with E-state index in [4.69, 9.17) is 10.5 Å². The van der Waals surface area contributed by atoms with Gasteiger partial charge in [-0.2, -0.15) is 0 Å². The van der Waals surface area contributed by atoms with Crippen molar-refractivity contribution >= 4 is 21.7 Å². The van der Waals surface area contributed by atoms with Crippen LogP contribution in [-0.2, 0) is 21.4 Å². The number of aliphatic hydroxyl groups is 1. The fourth-order valence-corrected chi connectivity index (χ4v) is 4.38. The Hall–Kier alpha value is -3.00. The van der Waals surface area contributed by atoms with E-state index in [-0.39, 0.29) is 17.0 Å². The summed E-state index contributed by atoms with van der Waals surface area (Å²) in [7, 11) is -2.56. The van der Waals surface area contributed by atoms with Crippen LogP contribution in [0.1, 0.15) is 11.1 Å². The number of nitrogens with zero attached hydrogens (tertiary/aromatic N) is 1. The van der Waals surface area contributed by atoms with Crippen molar-refractivity contribution in [1.29, 1.82) is 0 Å². The topological polar surface area (TPSA) is 110 Å². The lowest BCUT2D eigenvalue weighted by atomic mass is 10.1. The Morgan fingerprint density at radius 3 is 2.60 bits per heavy atom. The second-order valence-electron chi connectivity index (χ2n) is 5.42. The first kappa shape index (κ1) is 16.8. The quantitative estimate of drug-likeness (QED) is 0.861. The molecule has 2 aromatic carbocycles. The standard InChI is InChI=1S/C17H16N2O5S/c1-24-12-6-4-5-11(9-12)10-19-15(17(18)21)16(20)13-7-2-3-8-14(13)25(19,22)23/h2-9,20H,10H2,1H3,(H2,18,21). The molecule has 25 heavy (non-hydrogen) atoms. The molecule has 0 aromatic heterocycles. The number of fused-ring (bicyclic) bond motifs is 1. The summed E-state index contributed by atoms with van der Waals surface area (Å²) >= 11 is 0. The molecule has 0 radical (unpaired) electrons. The first-order valence-corrected chi connectivity index (χ1v) is 8.78. The third-order valence-electron chi connectivity index (χ3n) is 3.88. The third-order valence-corrected chi connectivity index (χ3v) is 5.68. The SMILES string of the molecule is COc1cccc(CN2C(C(N)=O)=C(O)c3ccccc3S2(=O)=O)c1. The molecule has 1 aliphatic heterocycles. The number of sulfonamides is 1. The van der Waals surface area contributed by atoms with Crippen molar-refractivity contribution in [3.05, 3.63) is 65.4 Å². The van der Waals surface area contributed by atoms with Crippen LogP contribution in [0.15, 0.2) is 59.1 Å². The van der Waals surface area contributed by atoms with E-state index in [1.165, 1.54) is 19.2 Å². The molecule has 0 spiro atoms. The number of hydrogen-bond acceptors (Lipinski definition) is 5. The highest BCUT2D eigenvalue weighted by molar-refractivity contribution is 7.89. The summed E-state index contributed by atoms with van der Waals surface area (Å²) in [6.45, 7) is -0.170. The van der Waals surface area contributed by atoms with E-state index in [2.05, 4.69) is 0 Å². The lowest BCUT2D eigenvalue weighted by Gasteiger charge is -2.30. The number of rotatable bonds is 4. The maximum atomic E-state index is 13.0. The van der Waals surface area contributed by atoms with Gasteiger partial charge in [-0.25, -0.2) is 8.42 Å². The number of carbonyl (C=O) groups excluding carboxylic acids is 1. The predicted molar refractivity (Wildman–Crippen MR) is 90.9 cm³/mol. The highest BCUT2D eigenvalue weighted by Gasteiger charge is 2.39. The molecule has 0 atom stereocenters. The van der Waals surface area contributed by atoms with E-state index in [1.807, 2.05) is 0 Å². The summed E-state index contributed by atoms with van der Waals surface area (Å²) in [6.07, 6.45) is 0. The van der Waals surface area contributed by atoms with Gasteiger partial charge in [-0.1, -0.05) is 24.3 Å². The second kappa shape index (κ2) is 6.14. The van der Waals surface area contributed by atoms with Crippen molar-refractivity contribution in [2.75, 3.05) is 7.11 Å². The Morgan fingerprint density at radius 1 is 1.20 bits per heavy atom. The van der Waals surface area contributed by atoms with Crippen LogP contribution in [0.5, 0.6) is 5.75 Å². The van der Waals surface area contributed by atoms with Crippen LogP contribution in [0.2, 0.25) is 0 Å². The maximum Gasteiger partial charge on any atom is 0.269 e. The molecule has 0 saturated carbocycles. The molecule has 8 heteroatoms. The van der Waals surface area contributed by atoms with E-state index in [0.29, 0.717) is 11.3 Å². The fraction of sp³-hybridized carbons (Fsp3) is 0.118. The van der Waals surface area contributed by atoms with Crippen LogP contribution in [0.25, 0.3) is 5.76 Å². The van der Waals surface area contributed by atoms with Gasteiger partial charge < -0.3 is 15.6 Å². The van der Waals surface area contributed by atoms with Gasteiger partial charge in [-0.3, -0.25) is 9.10 Å². The summed E-state index contributed by atoms with van der Waals surface area (Å²) in [5, 5.41) is 10.4. The lowest BCUT2D eigenvalue weighted by Crippen LogP contribution is -2.39. The average molecular weight is 360 g/mol. The van der Waals surface area contributed by atoms with Crippen molar-refractivity contribution in [1.82, 2.24) is 4.31 Å². The third kappa shape index (κ3) is 2.80. The Labute approximate surface area is 145 Å². The first-order valence-electron chi connectivity index (χ1n) is 7.34. The molecule has 7 nitrogen and oxygen atoms in total. The molecule has 130 valence electrons. The first-order chi connectivity index (χ1) is 11.9. The smallest absolute Gasteiger partial charge is 0.269 e. The highest BCUT2D eigenvalue weighted by atomic mass is 32.2. The van der Waals surface area contributed by atoms with Crippen molar-refractivity contribution in [3.63, 3.8) is 0 Å². The predicted octanol–water partition coefficient (Wildman–Crippen LogP) is 1.61. The summed E-state index contributed by atoms with van der Waals surface area (Å²) < 4.78 is 31.9. The van der Waals surface area contributed by atoms with Crippen LogP contribution in [-0.4, -0.2) is 30.8 Å². The van der Waals surface area contributed by atoms with E-state index in [0.717, 1.165) is 4.31 Å². The Bertz CT molecular complexity index is 982. The minimum absolute atomic E-state index is 0.0539. The molecule has 0 bridgehead atoms. The van der Waals surface area contributed by atoms with Gasteiger partial charge in [0.05, 0.1) is 18.6 Å². The zero-order valence-corrected chi connectivity index (χ0v) is 14.2. The summed E-state index contributed by atoms with van der Waals surface area (Å²) in [5.74, 6) is -0.944. The van der Waals surface area contributed by atoms with Crippen LogP contribution in [0, 0.1) is 0 Å². The molecule has 1 amide bonds. The van der Waals surface area contributed by atoms with E-state index in [1.54, 1.807) is 36.4 Å². The number of amides is 1. The number of primary amides is 1. The largest absolute Gasteiger partial charge is 0.505 e. The number of aliphatic hydroxyl groups excluding tert-OH is 1. The average Bonchev–Trinajstić information content (AvgIpc) is 2.60. The van der Waals surface area contributed by atoms with Gasteiger partial charge >= 0.3 is 0 Å². The van der Waals surface area contributed by atoms with Gasteiger partial charge in [0.2, 0.25) is 0 Å². The van der Waals surface area contributed by atoms with Crippen molar-refractivity contribution in [2.24, 2.45) is 5.73 Å². The van der Waals surface area contributed by atoms with Gasteiger partial charge in [0, 0.05) is 5.56 Å². The number of benzene rings is 2. The molecular weight excluding hydrogens is 344 g/mol. The molecule has 0 unspecified atom stereocenters. The number of methoxy groups -OCH3 is 1. The molecule has 0 saturated heterocycles. The van der Waals surface area contributed by atoms with Gasteiger partial charge in [0.15, 0.2) is 11.5 Å². The zero-order valence-electron chi connectivity index (χ0n) is 13.3.